The molecule has 18 heavy (non-hydrogen) atoms. The number of rotatable bonds is 4. The van der Waals surface area contributed by atoms with Crippen LogP contribution in [0.2, 0.25) is 0 Å². The average Bonchev–Trinajstić information content (AvgIpc) is 2.37. The first-order chi connectivity index (χ1) is 8.61. The monoisotopic (exact) mass is 312 g/mol. The minimum Gasteiger partial charge on any atom is -0.496 e. The lowest BCUT2D eigenvalue weighted by atomic mass is 9.99. The Morgan fingerprint density at radius 3 is 2.83 bits per heavy atom. The predicted molar refractivity (Wildman–Crippen MR) is 78.2 cm³/mol. The van der Waals surface area contributed by atoms with Gasteiger partial charge < -0.3 is 9.64 Å². The van der Waals surface area contributed by atoms with Crippen LogP contribution < -0.4 is 4.74 Å². The first-order valence-corrected chi connectivity index (χ1v) is 7.12. The summed E-state index contributed by atoms with van der Waals surface area (Å²) in [5.41, 5.74) is 2.84. The molecular weight excluding hydrogens is 292 g/mol. The molecule has 1 aliphatic heterocycles. The highest BCUT2D eigenvalue weighted by molar-refractivity contribution is 9.10. The van der Waals surface area contributed by atoms with Gasteiger partial charge >= 0.3 is 0 Å². The van der Waals surface area contributed by atoms with E-state index in [2.05, 4.69) is 52.0 Å². The fourth-order valence-corrected chi connectivity index (χ4v) is 3.08. The lowest BCUT2D eigenvalue weighted by Crippen LogP contribution is -2.35. The Bertz CT molecular complexity index is 421. The summed E-state index contributed by atoms with van der Waals surface area (Å²) in [5, 5.41) is 0. The van der Waals surface area contributed by atoms with E-state index in [-0.39, 0.29) is 0 Å². The number of hydrogen-bond donors (Lipinski definition) is 0. The minimum atomic E-state index is 0.940. The van der Waals surface area contributed by atoms with Gasteiger partial charge in [0.15, 0.2) is 0 Å². The Morgan fingerprint density at radius 2 is 2.17 bits per heavy atom. The maximum absolute atomic E-state index is 5.35. The van der Waals surface area contributed by atoms with Crippen molar-refractivity contribution < 1.29 is 4.74 Å². The molecule has 2 rings (SSSR count). The van der Waals surface area contributed by atoms with Gasteiger partial charge in [0.05, 0.1) is 11.6 Å². The van der Waals surface area contributed by atoms with Crippen LogP contribution in [0.3, 0.4) is 0 Å². The second kappa shape index (κ2) is 6.04. The van der Waals surface area contributed by atoms with Crippen molar-refractivity contribution in [2.75, 3.05) is 40.8 Å². The molecule has 1 aromatic rings. The Balaban J connectivity index is 2.08. The third-order valence-electron chi connectivity index (χ3n) is 3.46. The highest BCUT2D eigenvalue weighted by Gasteiger charge is 2.19. The van der Waals surface area contributed by atoms with Gasteiger partial charge in [-0.05, 0) is 53.6 Å². The minimum absolute atomic E-state index is 0.940. The van der Waals surface area contributed by atoms with E-state index in [1.165, 1.54) is 11.1 Å². The van der Waals surface area contributed by atoms with E-state index in [9.17, 15) is 0 Å². The van der Waals surface area contributed by atoms with Gasteiger partial charge in [0.2, 0.25) is 0 Å². The van der Waals surface area contributed by atoms with Crippen molar-refractivity contribution in [3.63, 3.8) is 0 Å². The highest BCUT2D eigenvalue weighted by Crippen LogP contribution is 2.33. The van der Waals surface area contributed by atoms with Gasteiger partial charge in [-0.2, -0.15) is 0 Å². The third kappa shape index (κ3) is 3.05. The smallest absolute Gasteiger partial charge is 0.133 e. The second-order valence-corrected chi connectivity index (χ2v) is 5.84. The molecule has 0 spiro atoms. The van der Waals surface area contributed by atoms with Gasteiger partial charge in [-0.15, -0.1) is 0 Å². The fourth-order valence-electron chi connectivity index (χ4n) is 2.34. The summed E-state index contributed by atoms with van der Waals surface area (Å²) in [6.45, 7) is 4.43. The van der Waals surface area contributed by atoms with Gasteiger partial charge in [0, 0.05) is 26.2 Å². The Morgan fingerprint density at radius 1 is 1.39 bits per heavy atom. The zero-order valence-corrected chi connectivity index (χ0v) is 13.0. The molecule has 100 valence electrons. The number of methoxy groups -OCH3 is 1. The van der Waals surface area contributed by atoms with Crippen LogP contribution in [-0.2, 0) is 13.0 Å². The van der Waals surface area contributed by atoms with Crippen molar-refractivity contribution in [3.05, 3.63) is 27.7 Å². The summed E-state index contributed by atoms with van der Waals surface area (Å²) < 4.78 is 6.48. The molecule has 0 amide bonds. The SMILES string of the molecule is COc1ccc2c(c1Br)CCN(CCN(C)C)C2. The molecule has 1 heterocycles. The van der Waals surface area contributed by atoms with Crippen LogP contribution in [0.4, 0.5) is 0 Å². The molecule has 0 atom stereocenters. The van der Waals surface area contributed by atoms with Crippen LogP contribution in [0, 0.1) is 0 Å². The maximum Gasteiger partial charge on any atom is 0.133 e. The first kappa shape index (κ1) is 13.8. The number of halogens is 1. The van der Waals surface area contributed by atoms with Crippen LogP contribution in [0.5, 0.6) is 5.75 Å². The summed E-state index contributed by atoms with van der Waals surface area (Å²) in [5.74, 6) is 0.940. The molecule has 0 saturated heterocycles. The van der Waals surface area contributed by atoms with E-state index >= 15 is 0 Å². The molecule has 0 aliphatic carbocycles. The number of fused-ring (bicyclic) bond motifs is 1. The topological polar surface area (TPSA) is 15.7 Å². The van der Waals surface area contributed by atoms with Crippen molar-refractivity contribution in [1.29, 1.82) is 0 Å². The van der Waals surface area contributed by atoms with Crippen LogP contribution in [0.15, 0.2) is 16.6 Å². The summed E-state index contributed by atoms with van der Waals surface area (Å²) in [6, 6.07) is 4.25. The lowest BCUT2D eigenvalue weighted by Gasteiger charge is -2.30. The van der Waals surface area contributed by atoms with Crippen molar-refractivity contribution in [3.8, 4) is 5.75 Å². The van der Waals surface area contributed by atoms with Crippen molar-refractivity contribution in [2.24, 2.45) is 0 Å². The molecule has 0 radical (unpaired) electrons. The molecule has 0 N–H and O–H groups in total. The van der Waals surface area contributed by atoms with E-state index in [0.29, 0.717) is 0 Å². The van der Waals surface area contributed by atoms with Gasteiger partial charge in [0.25, 0.3) is 0 Å². The second-order valence-electron chi connectivity index (χ2n) is 5.05. The number of ether oxygens (including phenoxy) is 1. The molecule has 0 saturated carbocycles. The molecule has 0 aromatic heterocycles. The van der Waals surface area contributed by atoms with Crippen LogP contribution in [-0.4, -0.2) is 50.6 Å². The van der Waals surface area contributed by atoms with Crippen LogP contribution >= 0.6 is 15.9 Å². The molecule has 1 aromatic carbocycles. The number of likely N-dealkylation sites (N-methyl/N-ethyl adjacent to an activating group) is 1. The predicted octanol–water partition coefficient (Wildman–Crippen LogP) is 2.38. The van der Waals surface area contributed by atoms with Crippen molar-refractivity contribution >= 4 is 15.9 Å². The summed E-state index contributed by atoms with van der Waals surface area (Å²) in [7, 11) is 5.97. The third-order valence-corrected chi connectivity index (χ3v) is 4.33. The van der Waals surface area contributed by atoms with Gasteiger partial charge in [-0.1, -0.05) is 6.07 Å². The summed E-state index contributed by atoms with van der Waals surface area (Å²) in [6.07, 6.45) is 1.10. The van der Waals surface area contributed by atoms with Crippen molar-refractivity contribution in [2.45, 2.75) is 13.0 Å². The van der Waals surface area contributed by atoms with E-state index in [0.717, 1.165) is 42.8 Å². The fraction of sp³-hybridized carbons (Fsp3) is 0.571. The Kier molecular flexibility index (Phi) is 4.65. The molecule has 4 heteroatoms. The molecule has 0 bridgehead atoms. The molecule has 1 aliphatic rings. The molecule has 0 unspecified atom stereocenters. The van der Waals surface area contributed by atoms with E-state index in [1.54, 1.807) is 7.11 Å². The van der Waals surface area contributed by atoms with E-state index in [1.807, 2.05) is 0 Å². The normalized spacial score (nSPS) is 15.8. The largest absolute Gasteiger partial charge is 0.496 e. The average molecular weight is 313 g/mol. The van der Waals surface area contributed by atoms with E-state index in [4.69, 9.17) is 4.74 Å². The Labute approximate surface area is 118 Å². The number of benzene rings is 1. The standard InChI is InChI=1S/C14H21BrN2O/c1-16(2)8-9-17-7-6-12-11(10-17)4-5-13(18-3)14(12)15/h4-5H,6-10H2,1-3H3. The van der Waals surface area contributed by atoms with Gasteiger partial charge in [0.1, 0.15) is 5.75 Å². The molecule has 0 fully saturated rings. The van der Waals surface area contributed by atoms with Crippen LogP contribution in [0.25, 0.3) is 0 Å². The van der Waals surface area contributed by atoms with Crippen molar-refractivity contribution in [1.82, 2.24) is 9.80 Å². The molecule has 3 nitrogen and oxygen atoms in total. The molecular formula is C14H21BrN2O. The van der Waals surface area contributed by atoms with Crippen LogP contribution in [0.1, 0.15) is 11.1 Å². The van der Waals surface area contributed by atoms with E-state index < -0.39 is 0 Å². The summed E-state index contributed by atoms with van der Waals surface area (Å²) >= 11 is 3.66. The number of hydrogen-bond acceptors (Lipinski definition) is 3. The lowest BCUT2D eigenvalue weighted by molar-refractivity contribution is 0.224. The first-order valence-electron chi connectivity index (χ1n) is 6.33. The van der Waals surface area contributed by atoms with Gasteiger partial charge in [-0.25, -0.2) is 0 Å². The quantitative estimate of drug-likeness (QED) is 0.849. The van der Waals surface area contributed by atoms with Gasteiger partial charge in [-0.3, -0.25) is 4.90 Å². The summed E-state index contributed by atoms with van der Waals surface area (Å²) in [4.78, 5) is 4.75. The zero-order valence-electron chi connectivity index (χ0n) is 11.4. The zero-order chi connectivity index (χ0) is 13.1. The number of nitrogens with zero attached hydrogens (tertiary/aromatic N) is 2. The maximum atomic E-state index is 5.35. The highest BCUT2D eigenvalue weighted by atomic mass is 79.9. The Hall–Kier alpha value is -0.580.